The predicted molar refractivity (Wildman–Crippen MR) is 103 cm³/mol. The maximum atomic E-state index is 5.92. The van der Waals surface area contributed by atoms with Gasteiger partial charge in [-0.2, -0.15) is 0 Å². The summed E-state index contributed by atoms with van der Waals surface area (Å²) in [6.45, 7) is 3.45. The fourth-order valence-corrected chi connectivity index (χ4v) is 3.21. The maximum Gasteiger partial charge on any atom is 0.494 e. The Morgan fingerprint density at radius 3 is 1.78 bits per heavy atom. The summed E-state index contributed by atoms with van der Waals surface area (Å²) in [5, 5.41) is 0. The smallest absolute Gasteiger partial charge is 0.405 e. The van der Waals surface area contributed by atoms with Gasteiger partial charge in [-0.3, -0.25) is 0 Å². The summed E-state index contributed by atoms with van der Waals surface area (Å²) < 4.78 is 34.4. The molecule has 1 aromatic rings. The van der Waals surface area contributed by atoms with Crippen LogP contribution in [-0.4, -0.2) is 59.3 Å². The standard InChI is InChI=1S/C20H31BO6/c1-2-8-18(9-3-1)21(26-16-14-24-19-10-4-6-12-22-19)27-17-15-25-20-11-5-7-13-23-20/h1-3,8-9,19-20H,4-7,10-17H2. The van der Waals surface area contributed by atoms with Crippen LogP contribution < -0.4 is 5.46 Å². The van der Waals surface area contributed by atoms with Crippen molar-refractivity contribution in [3.63, 3.8) is 0 Å². The summed E-state index contributed by atoms with van der Waals surface area (Å²) in [5.41, 5.74) is 0.986. The molecular formula is C20H31BO6. The molecule has 2 aliphatic heterocycles. The van der Waals surface area contributed by atoms with Crippen LogP contribution in [0.25, 0.3) is 0 Å². The lowest BCUT2D eigenvalue weighted by atomic mass is 9.79. The van der Waals surface area contributed by atoms with Gasteiger partial charge in [0.15, 0.2) is 12.6 Å². The van der Waals surface area contributed by atoms with Gasteiger partial charge in [-0.1, -0.05) is 30.3 Å². The first kappa shape index (κ1) is 20.8. The van der Waals surface area contributed by atoms with Crippen LogP contribution in [0, 0.1) is 0 Å². The molecule has 27 heavy (non-hydrogen) atoms. The molecule has 0 N–H and O–H groups in total. The zero-order valence-corrected chi connectivity index (χ0v) is 16.1. The van der Waals surface area contributed by atoms with E-state index in [1.54, 1.807) is 0 Å². The third-order valence-corrected chi connectivity index (χ3v) is 4.66. The zero-order valence-electron chi connectivity index (χ0n) is 16.1. The van der Waals surface area contributed by atoms with Crippen molar-refractivity contribution in [2.45, 2.75) is 51.1 Å². The fraction of sp³-hybridized carbons (Fsp3) is 0.700. The van der Waals surface area contributed by atoms with E-state index in [1.807, 2.05) is 30.3 Å². The molecule has 7 heteroatoms. The van der Waals surface area contributed by atoms with Gasteiger partial charge in [-0.05, 0) is 44.0 Å². The van der Waals surface area contributed by atoms with E-state index in [4.69, 9.17) is 28.3 Å². The Labute approximate surface area is 162 Å². The van der Waals surface area contributed by atoms with Gasteiger partial charge >= 0.3 is 7.12 Å². The summed E-state index contributed by atoms with van der Waals surface area (Å²) in [7, 11) is -0.432. The fourth-order valence-electron chi connectivity index (χ4n) is 3.21. The molecule has 0 radical (unpaired) electrons. The van der Waals surface area contributed by atoms with Crippen molar-refractivity contribution in [1.29, 1.82) is 0 Å². The summed E-state index contributed by atoms with van der Waals surface area (Å²) >= 11 is 0. The highest BCUT2D eigenvalue weighted by Crippen LogP contribution is 2.14. The van der Waals surface area contributed by atoms with Crippen molar-refractivity contribution in [2.24, 2.45) is 0 Å². The molecule has 3 rings (SSSR count). The molecule has 0 aliphatic carbocycles. The lowest BCUT2D eigenvalue weighted by Gasteiger charge is -2.24. The first-order chi connectivity index (χ1) is 13.4. The highest BCUT2D eigenvalue weighted by molar-refractivity contribution is 6.61. The van der Waals surface area contributed by atoms with Crippen molar-refractivity contribution in [3.05, 3.63) is 30.3 Å². The Hall–Kier alpha value is -0.955. The van der Waals surface area contributed by atoms with Crippen molar-refractivity contribution >= 4 is 12.6 Å². The van der Waals surface area contributed by atoms with Crippen molar-refractivity contribution in [2.75, 3.05) is 39.6 Å². The van der Waals surface area contributed by atoms with Crippen LogP contribution in [0.1, 0.15) is 38.5 Å². The van der Waals surface area contributed by atoms with E-state index in [0.29, 0.717) is 26.4 Å². The van der Waals surface area contributed by atoms with Gasteiger partial charge in [-0.25, -0.2) is 0 Å². The van der Waals surface area contributed by atoms with E-state index < -0.39 is 7.12 Å². The van der Waals surface area contributed by atoms with Crippen LogP contribution in [0.4, 0.5) is 0 Å². The Morgan fingerprint density at radius 1 is 0.741 bits per heavy atom. The van der Waals surface area contributed by atoms with E-state index in [1.165, 1.54) is 0 Å². The molecular weight excluding hydrogens is 347 g/mol. The quantitative estimate of drug-likeness (QED) is 0.436. The summed E-state index contributed by atoms with van der Waals surface area (Å²) in [6.07, 6.45) is 6.28. The van der Waals surface area contributed by atoms with Gasteiger partial charge in [0.2, 0.25) is 0 Å². The normalized spacial score (nSPS) is 23.3. The molecule has 2 saturated heterocycles. The minimum absolute atomic E-state index is 0.0951. The highest BCUT2D eigenvalue weighted by atomic mass is 16.7. The van der Waals surface area contributed by atoms with Crippen molar-refractivity contribution in [3.8, 4) is 0 Å². The molecule has 0 aromatic heterocycles. The van der Waals surface area contributed by atoms with Crippen LogP contribution >= 0.6 is 0 Å². The first-order valence-electron chi connectivity index (χ1n) is 10.2. The second-order valence-corrected chi connectivity index (χ2v) is 6.82. The third kappa shape index (κ3) is 7.89. The summed E-state index contributed by atoms with van der Waals surface area (Å²) in [4.78, 5) is 0. The minimum atomic E-state index is -0.432. The van der Waals surface area contributed by atoms with Crippen LogP contribution in [0.2, 0.25) is 0 Å². The number of benzene rings is 1. The second-order valence-electron chi connectivity index (χ2n) is 6.82. The summed E-state index contributed by atoms with van der Waals surface area (Å²) in [6, 6.07) is 9.94. The van der Waals surface area contributed by atoms with Gasteiger partial charge in [0.1, 0.15) is 0 Å². The van der Waals surface area contributed by atoms with E-state index in [9.17, 15) is 0 Å². The zero-order chi connectivity index (χ0) is 18.6. The summed E-state index contributed by atoms with van der Waals surface area (Å²) in [5.74, 6) is 0. The molecule has 0 spiro atoms. The number of ether oxygens (including phenoxy) is 4. The third-order valence-electron chi connectivity index (χ3n) is 4.66. The van der Waals surface area contributed by atoms with Gasteiger partial charge in [-0.15, -0.1) is 0 Å². The van der Waals surface area contributed by atoms with Crippen LogP contribution in [0.5, 0.6) is 0 Å². The lowest BCUT2D eigenvalue weighted by molar-refractivity contribution is -0.167. The molecule has 0 saturated carbocycles. The average molecular weight is 378 g/mol. The average Bonchev–Trinajstić information content (AvgIpc) is 2.75. The predicted octanol–water partition coefficient (Wildman–Crippen LogP) is 2.50. The highest BCUT2D eigenvalue weighted by Gasteiger charge is 2.22. The van der Waals surface area contributed by atoms with Gasteiger partial charge in [0.25, 0.3) is 0 Å². The lowest BCUT2D eigenvalue weighted by Crippen LogP contribution is -2.39. The maximum absolute atomic E-state index is 5.92. The van der Waals surface area contributed by atoms with E-state index in [0.717, 1.165) is 57.2 Å². The molecule has 6 nitrogen and oxygen atoms in total. The van der Waals surface area contributed by atoms with Gasteiger partial charge in [0.05, 0.1) is 26.4 Å². The van der Waals surface area contributed by atoms with Crippen LogP contribution in [0.3, 0.4) is 0 Å². The van der Waals surface area contributed by atoms with Crippen LogP contribution in [-0.2, 0) is 28.3 Å². The Balaban J connectivity index is 1.36. The Bertz CT molecular complexity index is 465. The van der Waals surface area contributed by atoms with Gasteiger partial charge in [0, 0.05) is 13.2 Å². The SMILES string of the molecule is c1ccc(B(OCCOC2CCCCO2)OCCOC2CCCCO2)cc1. The Kier molecular flexibility index (Phi) is 9.61. The molecule has 0 bridgehead atoms. The van der Waals surface area contributed by atoms with Crippen molar-refractivity contribution < 1.29 is 28.3 Å². The molecule has 150 valence electrons. The van der Waals surface area contributed by atoms with Crippen LogP contribution in [0.15, 0.2) is 30.3 Å². The van der Waals surface area contributed by atoms with Gasteiger partial charge < -0.3 is 28.3 Å². The van der Waals surface area contributed by atoms with Crippen molar-refractivity contribution in [1.82, 2.24) is 0 Å². The minimum Gasteiger partial charge on any atom is -0.405 e. The monoisotopic (exact) mass is 378 g/mol. The molecule has 2 heterocycles. The largest absolute Gasteiger partial charge is 0.494 e. The van der Waals surface area contributed by atoms with E-state index >= 15 is 0 Å². The van der Waals surface area contributed by atoms with E-state index in [2.05, 4.69) is 0 Å². The van der Waals surface area contributed by atoms with E-state index in [-0.39, 0.29) is 12.6 Å². The topological polar surface area (TPSA) is 55.4 Å². The first-order valence-corrected chi connectivity index (χ1v) is 10.2. The number of rotatable bonds is 11. The molecule has 0 amide bonds. The molecule has 2 unspecified atom stereocenters. The molecule has 2 fully saturated rings. The Morgan fingerprint density at radius 2 is 1.30 bits per heavy atom. The number of hydrogen-bond donors (Lipinski definition) is 0. The molecule has 2 atom stereocenters. The molecule has 1 aromatic carbocycles. The number of hydrogen-bond acceptors (Lipinski definition) is 6. The second kappa shape index (κ2) is 12.5. The molecule has 2 aliphatic rings.